The first-order valence-corrected chi connectivity index (χ1v) is 7.71. The quantitative estimate of drug-likeness (QED) is 0.795. The Morgan fingerprint density at radius 2 is 2.05 bits per heavy atom. The van der Waals surface area contributed by atoms with E-state index in [9.17, 15) is 13.2 Å². The summed E-state index contributed by atoms with van der Waals surface area (Å²) in [5.74, 6) is -0.451. The first kappa shape index (κ1) is 16.6. The predicted octanol–water partition coefficient (Wildman–Crippen LogP) is 1.30. The van der Waals surface area contributed by atoms with Crippen molar-refractivity contribution in [1.82, 2.24) is 9.88 Å². The van der Waals surface area contributed by atoms with Gasteiger partial charge in [-0.15, -0.1) is 0 Å². The van der Waals surface area contributed by atoms with Crippen molar-refractivity contribution in [2.75, 3.05) is 7.11 Å². The van der Waals surface area contributed by atoms with Crippen molar-refractivity contribution < 1.29 is 22.5 Å². The van der Waals surface area contributed by atoms with Crippen LogP contribution in [0.5, 0.6) is 0 Å². The molecular weight excluding hydrogens is 284 g/mol. The van der Waals surface area contributed by atoms with Crippen molar-refractivity contribution in [2.24, 2.45) is 0 Å². The molecule has 114 valence electrons. The third kappa shape index (κ3) is 3.18. The Bertz CT molecular complexity index is 573. The number of nitrogens with one attached hydrogen (secondary N) is 1. The zero-order chi connectivity index (χ0) is 15.6. The number of sulfonamides is 1. The Kier molecular flexibility index (Phi) is 4.93. The standard InChI is InChI=1S/C12H20N2O5S/c1-6-7-12(4,11(15)18-5)14-20(16,17)10-8(2)13-19-9(10)3/h14H,6-7H2,1-5H3. The molecule has 0 fully saturated rings. The second-order valence-electron chi connectivity index (χ2n) is 4.83. The monoisotopic (exact) mass is 304 g/mol. The van der Waals surface area contributed by atoms with Crippen LogP contribution in [0.15, 0.2) is 9.42 Å². The minimum Gasteiger partial charge on any atom is -0.468 e. The van der Waals surface area contributed by atoms with Gasteiger partial charge < -0.3 is 9.26 Å². The van der Waals surface area contributed by atoms with Crippen LogP contribution in [0.4, 0.5) is 0 Å². The average Bonchev–Trinajstić information content (AvgIpc) is 2.68. The van der Waals surface area contributed by atoms with Crippen LogP contribution in [0.1, 0.15) is 38.1 Å². The van der Waals surface area contributed by atoms with E-state index in [4.69, 9.17) is 4.52 Å². The highest BCUT2D eigenvalue weighted by atomic mass is 32.2. The molecule has 0 saturated carbocycles. The molecule has 1 rings (SSSR count). The summed E-state index contributed by atoms with van der Waals surface area (Å²) in [6.45, 7) is 6.38. The van der Waals surface area contributed by atoms with Gasteiger partial charge in [-0.2, -0.15) is 4.72 Å². The van der Waals surface area contributed by atoms with E-state index >= 15 is 0 Å². The van der Waals surface area contributed by atoms with Gasteiger partial charge in [-0.1, -0.05) is 18.5 Å². The first-order valence-electron chi connectivity index (χ1n) is 6.23. The van der Waals surface area contributed by atoms with Gasteiger partial charge in [0, 0.05) is 0 Å². The van der Waals surface area contributed by atoms with Crippen LogP contribution < -0.4 is 4.72 Å². The number of carbonyl (C=O) groups is 1. The Hall–Kier alpha value is -1.41. The molecule has 20 heavy (non-hydrogen) atoms. The van der Waals surface area contributed by atoms with Crippen molar-refractivity contribution in [1.29, 1.82) is 0 Å². The van der Waals surface area contributed by atoms with Crippen molar-refractivity contribution in [2.45, 2.75) is 51.0 Å². The average molecular weight is 304 g/mol. The molecule has 0 amide bonds. The van der Waals surface area contributed by atoms with Crippen LogP contribution in [0.25, 0.3) is 0 Å². The smallest absolute Gasteiger partial charge is 0.326 e. The van der Waals surface area contributed by atoms with E-state index in [1.807, 2.05) is 6.92 Å². The largest absolute Gasteiger partial charge is 0.468 e. The molecule has 0 aliphatic heterocycles. The topological polar surface area (TPSA) is 98.5 Å². The first-order chi connectivity index (χ1) is 9.18. The van der Waals surface area contributed by atoms with E-state index in [1.54, 1.807) is 0 Å². The highest BCUT2D eigenvalue weighted by Crippen LogP contribution is 2.23. The number of aryl methyl sites for hydroxylation is 2. The van der Waals surface area contributed by atoms with Gasteiger partial charge in [0.1, 0.15) is 16.1 Å². The molecule has 0 saturated heterocycles. The lowest BCUT2D eigenvalue weighted by Gasteiger charge is -2.27. The molecule has 0 bridgehead atoms. The molecule has 1 unspecified atom stereocenters. The number of hydrogen-bond donors (Lipinski definition) is 1. The zero-order valence-corrected chi connectivity index (χ0v) is 13.1. The van der Waals surface area contributed by atoms with Crippen molar-refractivity contribution >= 4 is 16.0 Å². The maximum absolute atomic E-state index is 12.4. The number of methoxy groups -OCH3 is 1. The molecule has 1 aromatic heterocycles. The summed E-state index contributed by atoms with van der Waals surface area (Å²) >= 11 is 0. The Morgan fingerprint density at radius 3 is 2.45 bits per heavy atom. The summed E-state index contributed by atoms with van der Waals surface area (Å²) in [4.78, 5) is 11.8. The maximum Gasteiger partial charge on any atom is 0.326 e. The molecule has 0 spiro atoms. The van der Waals surface area contributed by atoms with Gasteiger partial charge in [-0.25, -0.2) is 8.42 Å². The van der Waals surface area contributed by atoms with Crippen molar-refractivity contribution in [3.05, 3.63) is 11.5 Å². The van der Waals surface area contributed by atoms with Gasteiger partial charge in [-0.05, 0) is 27.2 Å². The SMILES string of the molecule is CCCC(C)(NS(=O)(=O)c1c(C)noc1C)C(=O)OC. The molecule has 7 nitrogen and oxygen atoms in total. The van der Waals surface area contributed by atoms with Crippen LogP contribution in [-0.2, 0) is 19.6 Å². The highest BCUT2D eigenvalue weighted by Gasteiger charge is 2.39. The number of ether oxygens (including phenoxy) is 1. The van der Waals surface area contributed by atoms with Gasteiger partial charge in [-0.3, -0.25) is 4.79 Å². The van der Waals surface area contributed by atoms with Crippen LogP contribution in [0.3, 0.4) is 0 Å². The minimum absolute atomic E-state index is 0.0382. The second-order valence-corrected chi connectivity index (χ2v) is 6.45. The van der Waals surface area contributed by atoms with E-state index in [0.717, 1.165) is 0 Å². The fourth-order valence-electron chi connectivity index (χ4n) is 2.13. The van der Waals surface area contributed by atoms with Gasteiger partial charge in [0.2, 0.25) is 10.0 Å². The summed E-state index contributed by atoms with van der Waals surface area (Å²) in [6.07, 6.45) is 0.942. The summed E-state index contributed by atoms with van der Waals surface area (Å²) in [5.41, 5.74) is -1.07. The molecule has 1 heterocycles. The molecule has 0 aliphatic carbocycles. The summed E-state index contributed by atoms with van der Waals surface area (Å²) in [6, 6.07) is 0. The fourth-order valence-corrected chi connectivity index (χ4v) is 3.85. The van der Waals surface area contributed by atoms with Gasteiger partial charge >= 0.3 is 5.97 Å². The molecule has 0 radical (unpaired) electrons. The zero-order valence-electron chi connectivity index (χ0n) is 12.3. The van der Waals surface area contributed by atoms with E-state index in [2.05, 4.69) is 14.6 Å². The van der Waals surface area contributed by atoms with Crippen LogP contribution >= 0.6 is 0 Å². The molecule has 1 aromatic rings. The highest BCUT2D eigenvalue weighted by molar-refractivity contribution is 7.89. The molecule has 1 atom stereocenters. The fraction of sp³-hybridized carbons (Fsp3) is 0.667. The van der Waals surface area contributed by atoms with Crippen molar-refractivity contribution in [3.63, 3.8) is 0 Å². The number of rotatable bonds is 6. The lowest BCUT2D eigenvalue weighted by atomic mass is 9.98. The summed E-state index contributed by atoms with van der Waals surface area (Å²) in [5, 5.41) is 3.61. The Balaban J connectivity index is 3.20. The lowest BCUT2D eigenvalue weighted by molar-refractivity contribution is -0.147. The van der Waals surface area contributed by atoms with Crippen molar-refractivity contribution in [3.8, 4) is 0 Å². The number of aromatic nitrogens is 1. The summed E-state index contributed by atoms with van der Waals surface area (Å²) < 4.78 is 36.8. The van der Waals surface area contributed by atoms with E-state index in [-0.39, 0.29) is 16.3 Å². The van der Waals surface area contributed by atoms with Gasteiger partial charge in [0.15, 0.2) is 5.76 Å². The Labute approximate surface area is 118 Å². The van der Waals surface area contributed by atoms with E-state index in [0.29, 0.717) is 12.8 Å². The molecule has 0 aliphatic rings. The summed E-state index contributed by atoms with van der Waals surface area (Å²) in [7, 11) is -2.70. The van der Waals surface area contributed by atoms with Crippen LogP contribution in [0, 0.1) is 13.8 Å². The third-order valence-corrected chi connectivity index (χ3v) is 4.82. The van der Waals surface area contributed by atoms with Gasteiger partial charge in [0.25, 0.3) is 0 Å². The number of hydrogen-bond acceptors (Lipinski definition) is 6. The molecular formula is C12H20N2O5S. The predicted molar refractivity (Wildman–Crippen MR) is 71.6 cm³/mol. The Morgan fingerprint density at radius 1 is 1.45 bits per heavy atom. The number of carbonyl (C=O) groups excluding carboxylic acids is 1. The van der Waals surface area contributed by atoms with Crippen LogP contribution in [-0.4, -0.2) is 32.2 Å². The molecule has 8 heteroatoms. The lowest BCUT2D eigenvalue weighted by Crippen LogP contribution is -2.52. The van der Waals surface area contributed by atoms with Crippen LogP contribution in [0.2, 0.25) is 0 Å². The number of nitrogens with zero attached hydrogens (tertiary/aromatic N) is 1. The minimum atomic E-state index is -3.92. The molecule has 0 aromatic carbocycles. The third-order valence-electron chi connectivity index (χ3n) is 2.98. The van der Waals surface area contributed by atoms with E-state index < -0.39 is 21.5 Å². The second kappa shape index (κ2) is 5.92. The number of esters is 1. The maximum atomic E-state index is 12.4. The molecule has 1 N–H and O–H groups in total. The van der Waals surface area contributed by atoms with E-state index in [1.165, 1.54) is 27.9 Å². The normalized spacial score (nSPS) is 14.8. The van der Waals surface area contributed by atoms with Gasteiger partial charge in [0.05, 0.1) is 7.11 Å².